The molecule has 0 bridgehead atoms. The Morgan fingerprint density at radius 2 is 1.56 bits per heavy atom. The predicted molar refractivity (Wildman–Crippen MR) is 75.2 cm³/mol. The maximum absolute atomic E-state index is 13.5. The summed E-state index contributed by atoms with van der Waals surface area (Å²) in [5.41, 5.74) is 1.19. The molecule has 1 atom stereocenters. The van der Waals surface area contributed by atoms with Crippen molar-refractivity contribution in [1.82, 2.24) is 0 Å². The molecule has 0 N–H and O–H groups in total. The summed E-state index contributed by atoms with van der Waals surface area (Å²) in [5.74, 6) is -0.272. The summed E-state index contributed by atoms with van der Waals surface area (Å²) in [7, 11) is 0. The van der Waals surface area contributed by atoms with Crippen molar-refractivity contribution in [3.05, 3.63) is 69.5 Å². The first-order valence-corrected chi connectivity index (χ1v) is 6.60. The van der Waals surface area contributed by atoms with Crippen LogP contribution in [0, 0.1) is 5.82 Å². The quantitative estimate of drug-likeness (QED) is 0.642. The van der Waals surface area contributed by atoms with Crippen LogP contribution in [-0.2, 0) is 6.42 Å². The Kier molecular flexibility index (Phi) is 4.50. The molecule has 0 amide bonds. The molecule has 0 nitrogen and oxygen atoms in total. The first-order chi connectivity index (χ1) is 8.59. The number of hydrogen-bond donors (Lipinski definition) is 0. The summed E-state index contributed by atoms with van der Waals surface area (Å²) in [4.78, 5) is 0. The van der Waals surface area contributed by atoms with Crippen LogP contribution < -0.4 is 0 Å². The third-order valence-electron chi connectivity index (χ3n) is 2.67. The van der Waals surface area contributed by atoms with E-state index in [1.54, 1.807) is 36.4 Å². The van der Waals surface area contributed by atoms with E-state index >= 15 is 0 Å². The van der Waals surface area contributed by atoms with Gasteiger partial charge in [-0.1, -0.05) is 47.5 Å². The summed E-state index contributed by atoms with van der Waals surface area (Å²) < 4.78 is 13.5. The Morgan fingerprint density at radius 3 is 2.17 bits per heavy atom. The standard InChI is InChI=1S/C14H10Cl3F/c15-10-5-3-6-11(16)14(10)12(17)8-9-4-1-2-7-13(9)18/h1-7,12H,8H2. The molecule has 0 fully saturated rings. The highest BCUT2D eigenvalue weighted by atomic mass is 35.5. The Balaban J connectivity index is 2.28. The van der Waals surface area contributed by atoms with Crippen molar-refractivity contribution in [1.29, 1.82) is 0 Å². The van der Waals surface area contributed by atoms with Gasteiger partial charge in [0.2, 0.25) is 0 Å². The monoisotopic (exact) mass is 302 g/mol. The summed E-state index contributed by atoms with van der Waals surface area (Å²) >= 11 is 18.4. The molecule has 2 aromatic rings. The molecule has 0 aliphatic carbocycles. The molecule has 0 spiro atoms. The third-order valence-corrected chi connectivity index (χ3v) is 3.70. The van der Waals surface area contributed by atoms with Gasteiger partial charge < -0.3 is 0 Å². The molecule has 0 radical (unpaired) electrons. The van der Waals surface area contributed by atoms with Crippen molar-refractivity contribution in [3.63, 3.8) is 0 Å². The second kappa shape index (κ2) is 5.92. The zero-order valence-electron chi connectivity index (χ0n) is 9.34. The van der Waals surface area contributed by atoms with E-state index in [1.807, 2.05) is 0 Å². The summed E-state index contributed by atoms with van der Waals surface area (Å²) in [5, 5.41) is 0.542. The molecule has 0 aliphatic heterocycles. The van der Waals surface area contributed by atoms with E-state index in [4.69, 9.17) is 34.8 Å². The SMILES string of the molecule is Fc1ccccc1CC(Cl)c1c(Cl)cccc1Cl. The van der Waals surface area contributed by atoms with Gasteiger partial charge in [0.15, 0.2) is 0 Å². The number of rotatable bonds is 3. The van der Waals surface area contributed by atoms with Crippen LogP contribution in [0.5, 0.6) is 0 Å². The normalized spacial score (nSPS) is 12.4. The second-order valence-corrected chi connectivity index (χ2v) is 5.24. The lowest BCUT2D eigenvalue weighted by Crippen LogP contribution is -2.00. The van der Waals surface area contributed by atoms with E-state index in [9.17, 15) is 4.39 Å². The van der Waals surface area contributed by atoms with E-state index in [0.717, 1.165) is 0 Å². The summed E-state index contributed by atoms with van der Waals surface area (Å²) in [6.07, 6.45) is 0.345. The van der Waals surface area contributed by atoms with Crippen molar-refractivity contribution in [3.8, 4) is 0 Å². The molecule has 94 valence electrons. The lowest BCUT2D eigenvalue weighted by molar-refractivity contribution is 0.607. The first kappa shape index (κ1) is 13.7. The molecule has 2 rings (SSSR count). The van der Waals surface area contributed by atoms with Gasteiger partial charge in [-0.25, -0.2) is 4.39 Å². The lowest BCUT2D eigenvalue weighted by atomic mass is 10.0. The van der Waals surface area contributed by atoms with E-state index in [1.165, 1.54) is 6.07 Å². The zero-order chi connectivity index (χ0) is 13.1. The highest BCUT2D eigenvalue weighted by molar-refractivity contribution is 6.37. The van der Waals surface area contributed by atoms with Crippen molar-refractivity contribution in [2.75, 3.05) is 0 Å². The van der Waals surface area contributed by atoms with Crippen molar-refractivity contribution in [2.24, 2.45) is 0 Å². The van der Waals surface area contributed by atoms with Crippen molar-refractivity contribution in [2.45, 2.75) is 11.8 Å². The van der Waals surface area contributed by atoms with Gasteiger partial charge in [-0.3, -0.25) is 0 Å². The predicted octanol–water partition coefficient (Wildman–Crippen LogP) is 5.66. The molecule has 0 aromatic heterocycles. The van der Waals surface area contributed by atoms with Crippen molar-refractivity contribution < 1.29 is 4.39 Å². The van der Waals surface area contributed by atoms with Crippen molar-refractivity contribution >= 4 is 34.8 Å². The van der Waals surface area contributed by atoms with Crippen LogP contribution in [0.25, 0.3) is 0 Å². The molecule has 2 aromatic carbocycles. The Bertz CT molecular complexity index is 534. The van der Waals surface area contributed by atoms with Crippen LogP contribution in [0.15, 0.2) is 42.5 Å². The van der Waals surface area contributed by atoms with Crippen LogP contribution in [0.4, 0.5) is 4.39 Å². The van der Waals surface area contributed by atoms with Crippen LogP contribution in [0.2, 0.25) is 10.0 Å². The number of benzene rings is 2. The van der Waals surface area contributed by atoms with Gasteiger partial charge >= 0.3 is 0 Å². The van der Waals surface area contributed by atoms with Gasteiger partial charge in [0.25, 0.3) is 0 Å². The minimum Gasteiger partial charge on any atom is -0.207 e. The van der Waals surface area contributed by atoms with Gasteiger partial charge in [0.1, 0.15) is 5.82 Å². The lowest BCUT2D eigenvalue weighted by Gasteiger charge is -2.14. The molecule has 4 heteroatoms. The Labute approximate surface area is 120 Å². The van der Waals surface area contributed by atoms with Gasteiger partial charge in [0.05, 0.1) is 5.38 Å². The molecule has 1 unspecified atom stereocenters. The average molecular weight is 304 g/mol. The maximum atomic E-state index is 13.5. The van der Waals surface area contributed by atoms with Crippen LogP contribution >= 0.6 is 34.8 Å². The third kappa shape index (κ3) is 2.97. The fraction of sp³-hybridized carbons (Fsp3) is 0.143. The maximum Gasteiger partial charge on any atom is 0.126 e. The van der Waals surface area contributed by atoms with E-state index in [0.29, 0.717) is 27.6 Å². The molecular formula is C14H10Cl3F. The minimum atomic E-state index is -0.455. The largest absolute Gasteiger partial charge is 0.207 e. The van der Waals surface area contributed by atoms with E-state index < -0.39 is 5.38 Å². The van der Waals surface area contributed by atoms with Gasteiger partial charge in [-0.15, -0.1) is 11.6 Å². The topological polar surface area (TPSA) is 0 Å². The highest BCUT2D eigenvalue weighted by Gasteiger charge is 2.17. The fourth-order valence-corrected chi connectivity index (χ4v) is 2.94. The molecule has 0 saturated heterocycles. The van der Waals surface area contributed by atoms with E-state index in [2.05, 4.69) is 0 Å². The Morgan fingerprint density at radius 1 is 0.944 bits per heavy atom. The minimum absolute atomic E-state index is 0.272. The summed E-state index contributed by atoms with van der Waals surface area (Å²) in [6, 6.07) is 11.7. The molecule has 0 aliphatic rings. The molecule has 0 heterocycles. The van der Waals surface area contributed by atoms with Gasteiger partial charge in [-0.05, 0) is 30.2 Å². The molecule has 18 heavy (non-hydrogen) atoms. The highest BCUT2D eigenvalue weighted by Crippen LogP contribution is 2.36. The van der Waals surface area contributed by atoms with Gasteiger partial charge in [-0.2, -0.15) is 0 Å². The molecule has 0 saturated carbocycles. The van der Waals surface area contributed by atoms with Crippen LogP contribution in [0.3, 0.4) is 0 Å². The fourth-order valence-electron chi connectivity index (χ4n) is 1.77. The van der Waals surface area contributed by atoms with E-state index in [-0.39, 0.29) is 5.82 Å². The zero-order valence-corrected chi connectivity index (χ0v) is 11.6. The first-order valence-electron chi connectivity index (χ1n) is 5.41. The number of alkyl halides is 1. The molecular weight excluding hydrogens is 294 g/mol. The summed E-state index contributed by atoms with van der Waals surface area (Å²) in [6.45, 7) is 0. The average Bonchev–Trinajstić information content (AvgIpc) is 2.32. The Hall–Kier alpha value is -0.760. The second-order valence-electron chi connectivity index (χ2n) is 3.90. The number of halogens is 4. The van der Waals surface area contributed by atoms with Crippen LogP contribution in [-0.4, -0.2) is 0 Å². The smallest absolute Gasteiger partial charge is 0.126 e. The van der Waals surface area contributed by atoms with Crippen LogP contribution in [0.1, 0.15) is 16.5 Å². The van der Waals surface area contributed by atoms with Gasteiger partial charge in [0, 0.05) is 15.6 Å². The number of hydrogen-bond acceptors (Lipinski definition) is 0.